The van der Waals surface area contributed by atoms with E-state index >= 15 is 0 Å². The van der Waals surface area contributed by atoms with Gasteiger partial charge in [0.05, 0.1) is 25.8 Å². The van der Waals surface area contributed by atoms with Gasteiger partial charge in [-0.15, -0.1) is 0 Å². The Morgan fingerprint density at radius 2 is 1.62 bits per heavy atom. The normalized spacial score (nSPS) is 10.5. The van der Waals surface area contributed by atoms with Gasteiger partial charge in [-0.1, -0.05) is 12.1 Å². The van der Waals surface area contributed by atoms with Crippen molar-refractivity contribution in [2.45, 2.75) is 13.0 Å². The number of benzene rings is 2. The minimum atomic E-state index is 0.122. The third-order valence-electron chi connectivity index (χ3n) is 3.73. The highest BCUT2D eigenvalue weighted by Gasteiger charge is 2.10. The molecule has 0 amide bonds. The predicted molar refractivity (Wildman–Crippen MR) is 97.3 cm³/mol. The van der Waals surface area contributed by atoms with Gasteiger partial charge in [0, 0.05) is 6.54 Å². The van der Waals surface area contributed by atoms with Gasteiger partial charge < -0.3 is 24.6 Å². The second-order valence-electron chi connectivity index (χ2n) is 5.21. The van der Waals surface area contributed by atoms with Crippen molar-refractivity contribution in [1.29, 1.82) is 0 Å². The first-order valence-corrected chi connectivity index (χ1v) is 8.36. The topological polar surface area (TPSA) is 60.0 Å². The van der Waals surface area contributed by atoms with E-state index < -0.39 is 0 Å². The zero-order valence-electron chi connectivity index (χ0n) is 14.1. The molecule has 0 saturated heterocycles. The molecule has 5 nitrogen and oxygen atoms in total. The van der Waals surface area contributed by atoms with E-state index in [9.17, 15) is 5.11 Å². The fourth-order valence-electron chi connectivity index (χ4n) is 2.38. The number of hydrogen-bond donors (Lipinski definition) is 2. The number of nitrogens with one attached hydrogen (secondary N) is 1. The van der Waals surface area contributed by atoms with E-state index in [1.807, 2.05) is 24.3 Å². The Labute approximate surface area is 150 Å². The van der Waals surface area contributed by atoms with Crippen LogP contribution in [0.15, 0.2) is 34.8 Å². The Kier molecular flexibility index (Phi) is 6.75. The summed E-state index contributed by atoms with van der Waals surface area (Å²) in [6.45, 7) is 1.44. The number of aromatic hydroxyl groups is 1. The number of methoxy groups -OCH3 is 3. The molecule has 24 heavy (non-hydrogen) atoms. The molecule has 0 aliphatic carbocycles. The molecule has 0 atom stereocenters. The molecule has 2 N–H and O–H groups in total. The molecular weight excluding hydrogens is 374 g/mol. The Morgan fingerprint density at radius 3 is 2.29 bits per heavy atom. The average Bonchev–Trinajstić information content (AvgIpc) is 2.61. The second kappa shape index (κ2) is 8.80. The number of halogens is 1. The second-order valence-corrected chi connectivity index (χ2v) is 6.00. The molecule has 0 aliphatic rings. The van der Waals surface area contributed by atoms with Gasteiger partial charge in [0.1, 0.15) is 0 Å². The summed E-state index contributed by atoms with van der Waals surface area (Å²) in [6.07, 6.45) is 0.861. The largest absolute Gasteiger partial charge is 0.503 e. The van der Waals surface area contributed by atoms with Gasteiger partial charge >= 0.3 is 0 Å². The summed E-state index contributed by atoms with van der Waals surface area (Å²) in [5, 5.41) is 13.4. The summed E-state index contributed by atoms with van der Waals surface area (Å²) in [6, 6.07) is 9.59. The molecular formula is C18H22BrNO4. The van der Waals surface area contributed by atoms with Gasteiger partial charge in [-0.3, -0.25) is 0 Å². The van der Waals surface area contributed by atoms with Crippen LogP contribution in [0.25, 0.3) is 0 Å². The van der Waals surface area contributed by atoms with Crippen LogP contribution in [0.1, 0.15) is 11.1 Å². The van der Waals surface area contributed by atoms with Gasteiger partial charge in [0.2, 0.25) is 0 Å². The van der Waals surface area contributed by atoms with Crippen LogP contribution in [-0.2, 0) is 13.0 Å². The lowest BCUT2D eigenvalue weighted by atomic mass is 10.1. The van der Waals surface area contributed by atoms with Crippen LogP contribution in [0.4, 0.5) is 0 Å². The predicted octanol–water partition coefficient (Wildman–Crippen LogP) is 3.51. The molecule has 0 fully saturated rings. The van der Waals surface area contributed by atoms with Crippen LogP contribution in [0.2, 0.25) is 0 Å². The summed E-state index contributed by atoms with van der Waals surface area (Å²) < 4.78 is 16.3. The monoisotopic (exact) mass is 395 g/mol. The first-order chi connectivity index (χ1) is 11.6. The lowest BCUT2D eigenvalue weighted by Gasteiger charge is -2.12. The average molecular weight is 396 g/mol. The van der Waals surface area contributed by atoms with Crippen molar-refractivity contribution < 1.29 is 19.3 Å². The highest BCUT2D eigenvalue weighted by Crippen LogP contribution is 2.36. The fraction of sp³-hybridized carbons (Fsp3) is 0.333. The molecule has 6 heteroatoms. The fourth-order valence-corrected chi connectivity index (χ4v) is 2.85. The van der Waals surface area contributed by atoms with Gasteiger partial charge in [-0.05, 0) is 58.2 Å². The quantitative estimate of drug-likeness (QED) is 0.669. The Hall–Kier alpha value is -1.92. The van der Waals surface area contributed by atoms with Crippen LogP contribution >= 0.6 is 15.9 Å². The maximum Gasteiger partial charge on any atom is 0.172 e. The van der Waals surface area contributed by atoms with Crippen LogP contribution in [0, 0.1) is 0 Å². The van der Waals surface area contributed by atoms with Crippen molar-refractivity contribution in [3.8, 4) is 23.0 Å². The van der Waals surface area contributed by atoms with Gasteiger partial charge in [0.15, 0.2) is 23.0 Å². The molecule has 2 aromatic carbocycles. The zero-order valence-corrected chi connectivity index (χ0v) is 15.6. The van der Waals surface area contributed by atoms with Gasteiger partial charge in [0.25, 0.3) is 0 Å². The molecule has 0 unspecified atom stereocenters. The van der Waals surface area contributed by atoms with Gasteiger partial charge in [-0.2, -0.15) is 0 Å². The highest BCUT2D eigenvalue weighted by molar-refractivity contribution is 9.10. The van der Waals surface area contributed by atoms with Crippen molar-refractivity contribution in [2.75, 3.05) is 27.9 Å². The smallest absolute Gasteiger partial charge is 0.172 e. The van der Waals surface area contributed by atoms with Crippen molar-refractivity contribution in [1.82, 2.24) is 5.32 Å². The SMILES string of the molecule is COc1ccc(CCNCc2ccc(OC)c(O)c2Br)cc1OC. The number of phenols is 1. The Morgan fingerprint density at radius 1 is 0.958 bits per heavy atom. The van der Waals surface area contributed by atoms with E-state index in [1.54, 1.807) is 20.3 Å². The maximum absolute atomic E-state index is 9.99. The summed E-state index contributed by atoms with van der Waals surface area (Å²) in [7, 11) is 4.79. The molecule has 0 aromatic heterocycles. The van der Waals surface area contributed by atoms with Crippen molar-refractivity contribution in [3.63, 3.8) is 0 Å². The molecule has 2 rings (SSSR count). The van der Waals surface area contributed by atoms with Crippen LogP contribution in [0.3, 0.4) is 0 Å². The number of phenolic OH excluding ortho intramolecular Hbond substituents is 1. The summed E-state index contributed by atoms with van der Waals surface area (Å²) in [5.74, 6) is 2.04. The lowest BCUT2D eigenvalue weighted by Crippen LogP contribution is -2.17. The van der Waals surface area contributed by atoms with Crippen LogP contribution in [0.5, 0.6) is 23.0 Å². The Bertz CT molecular complexity index is 691. The van der Waals surface area contributed by atoms with Crippen LogP contribution < -0.4 is 19.5 Å². The number of hydrogen-bond acceptors (Lipinski definition) is 5. The van der Waals surface area contributed by atoms with E-state index in [2.05, 4.69) is 21.2 Å². The summed E-state index contributed by atoms with van der Waals surface area (Å²) in [5.41, 5.74) is 2.14. The lowest BCUT2D eigenvalue weighted by molar-refractivity contribution is 0.354. The first-order valence-electron chi connectivity index (χ1n) is 7.56. The zero-order chi connectivity index (χ0) is 17.5. The minimum Gasteiger partial charge on any atom is -0.503 e. The molecule has 0 heterocycles. The van der Waals surface area contributed by atoms with Crippen molar-refractivity contribution >= 4 is 15.9 Å². The third-order valence-corrected chi connectivity index (χ3v) is 4.62. The van der Waals surface area contributed by atoms with E-state index in [-0.39, 0.29) is 5.75 Å². The molecule has 130 valence electrons. The van der Waals surface area contributed by atoms with Gasteiger partial charge in [-0.25, -0.2) is 0 Å². The summed E-state index contributed by atoms with van der Waals surface area (Å²) in [4.78, 5) is 0. The molecule has 0 bridgehead atoms. The first kappa shape index (κ1) is 18.4. The maximum atomic E-state index is 9.99. The van der Waals surface area contributed by atoms with E-state index in [1.165, 1.54) is 7.11 Å². The molecule has 0 spiro atoms. The molecule has 0 saturated carbocycles. The Balaban J connectivity index is 1.90. The van der Waals surface area contributed by atoms with Crippen LogP contribution in [-0.4, -0.2) is 33.0 Å². The van der Waals surface area contributed by atoms with Crippen molar-refractivity contribution in [2.24, 2.45) is 0 Å². The highest BCUT2D eigenvalue weighted by atomic mass is 79.9. The van der Waals surface area contributed by atoms with E-state index in [4.69, 9.17) is 14.2 Å². The standard InChI is InChI=1S/C18H22BrNO4/c1-22-14-6-4-12(10-16(14)24-3)8-9-20-11-13-5-7-15(23-2)18(21)17(13)19/h4-7,10,20-21H,8-9,11H2,1-3H3. The van der Waals surface area contributed by atoms with E-state index in [0.717, 1.165) is 35.6 Å². The third kappa shape index (κ3) is 4.33. The molecule has 0 radical (unpaired) electrons. The molecule has 2 aromatic rings. The minimum absolute atomic E-state index is 0.122. The number of rotatable bonds is 8. The van der Waals surface area contributed by atoms with E-state index in [0.29, 0.717) is 16.8 Å². The van der Waals surface area contributed by atoms with Crippen molar-refractivity contribution in [3.05, 3.63) is 45.9 Å². The number of ether oxygens (including phenoxy) is 3. The summed E-state index contributed by atoms with van der Waals surface area (Å²) >= 11 is 3.40. The molecule has 0 aliphatic heterocycles.